The quantitative estimate of drug-likeness (QED) is 0.731. The first-order chi connectivity index (χ1) is 7.53. The molecule has 0 bridgehead atoms. The van der Waals surface area contributed by atoms with Gasteiger partial charge in [-0.2, -0.15) is 0 Å². The molecule has 0 N–H and O–H groups in total. The molecule has 0 unspecified atom stereocenters. The highest BCUT2D eigenvalue weighted by Crippen LogP contribution is 2.34. The number of nitrogens with zero attached hydrogens (tertiary/aromatic N) is 1. The van der Waals surface area contributed by atoms with Crippen molar-refractivity contribution < 1.29 is 0 Å². The number of aryl methyl sites for hydroxylation is 2. The van der Waals surface area contributed by atoms with Crippen LogP contribution in [-0.2, 0) is 0 Å². The fraction of sp³-hybridized carbons (Fsp3) is 0.643. The molecule has 0 aliphatic carbocycles. The van der Waals surface area contributed by atoms with Crippen LogP contribution in [0, 0.1) is 13.8 Å². The van der Waals surface area contributed by atoms with Crippen molar-refractivity contribution in [2.24, 2.45) is 0 Å². The molecule has 0 saturated carbocycles. The van der Waals surface area contributed by atoms with E-state index < -0.39 is 16.1 Å². The molecule has 1 nitrogen and oxygen atoms in total. The van der Waals surface area contributed by atoms with E-state index in [1.165, 1.54) is 17.0 Å². The van der Waals surface area contributed by atoms with Gasteiger partial charge in [-0.05, 0) is 30.6 Å². The Labute approximate surface area is 109 Å². The first-order valence-electron chi connectivity index (χ1n) is 6.47. The second-order valence-electron chi connectivity index (χ2n) is 7.30. The standard InChI is InChI=1S/C14H27NSi2/c1-11-9-10-13(15-12(11)2)14(16(3,4)5)17(6,7)8/h9-10,14H,1-8H3. The van der Waals surface area contributed by atoms with Crippen LogP contribution in [0.3, 0.4) is 0 Å². The molecule has 0 spiro atoms. The van der Waals surface area contributed by atoms with E-state index in [2.05, 4.69) is 65.3 Å². The molecule has 0 amide bonds. The lowest BCUT2D eigenvalue weighted by Crippen LogP contribution is -2.47. The minimum atomic E-state index is -1.20. The molecule has 0 aliphatic rings. The largest absolute Gasteiger partial charge is 0.258 e. The normalized spacial score (nSPS) is 13.2. The van der Waals surface area contributed by atoms with E-state index in [1.54, 1.807) is 0 Å². The molecule has 1 aromatic heterocycles. The van der Waals surface area contributed by atoms with Crippen LogP contribution in [-0.4, -0.2) is 21.1 Å². The van der Waals surface area contributed by atoms with Crippen LogP contribution in [0.1, 0.15) is 22.1 Å². The highest BCUT2D eigenvalue weighted by atomic mass is 28.4. The molecule has 1 heterocycles. The second kappa shape index (κ2) is 4.69. The molecule has 3 heteroatoms. The summed E-state index contributed by atoms with van der Waals surface area (Å²) in [6, 6.07) is 4.51. The third-order valence-corrected chi connectivity index (χ3v) is 12.7. The van der Waals surface area contributed by atoms with Crippen molar-refractivity contribution in [2.45, 2.75) is 58.3 Å². The summed E-state index contributed by atoms with van der Waals surface area (Å²) >= 11 is 0. The van der Waals surface area contributed by atoms with E-state index in [1.807, 2.05) is 0 Å². The molecular weight excluding hydrogens is 238 g/mol. The maximum atomic E-state index is 4.88. The fourth-order valence-corrected chi connectivity index (χ4v) is 15.5. The predicted octanol–water partition coefficient (Wildman–Crippen LogP) is 4.54. The van der Waals surface area contributed by atoms with Crippen LogP contribution >= 0.6 is 0 Å². The van der Waals surface area contributed by atoms with Crippen LogP contribution in [0.4, 0.5) is 0 Å². The van der Waals surface area contributed by atoms with Gasteiger partial charge in [-0.3, -0.25) is 4.98 Å². The van der Waals surface area contributed by atoms with Gasteiger partial charge < -0.3 is 0 Å². The van der Waals surface area contributed by atoms with Crippen LogP contribution in [0.25, 0.3) is 0 Å². The summed E-state index contributed by atoms with van der Waals surface area (Å²) in [7, 11) is -2.41. The third-order valence-electron chi connectivity index (χ3n) is 3.40. The molecule has 0 fully saturated rings. The number of hydrogen-bond donors (Lipinski definition) is 0. The van der Waals surface area contributed by atoms with Gasteiger partial charge in [-0.1, -0.05) is 45.3 Å². The molecule has 0 aliphatic heterocycles. The monoisotopic (exact) mass is 265 g/mol. The van der Waals surface area contributed by atoms with Crippen LogP contribution in [0.15, 0.2) is 12.1 Å². The van der Waals surface area contributed by atoms with Gasteiger partial charge in [0.15, 0.2) is 0 Å². The van der Waals surface area contributed by atoms with Gasteiger partial charge in [0.2, 0.25) is 0 Å². The van der Waals surface area contributed by atoms with Gasteiger partial charge in [0.25, 0.3) is 0 Å². The van der Waals surface area contributed by atoms with Gasteiger partial charge in [0, 0.05) is 11.4 Å². The second-order valence-corrected chi connectivity index (χ2v) is 18.5. The van der Waals surface area contributed by atoms with Crippen molar-refractivity contribution in [1.29, 1.82) is 0 Å². The number of rotatable bonds is 3. The summed E-state index contributed by atoms with van der Waals surface area (Å²) in [5.41, 5.74) is 3.86. The molecule has 0 saturated heterocycles. The van der Waals surface area contributed by atoms with Crippen molar-refractivity contribution in [2.75, 3.05) is 0 Å². The van der Waals surface area contributed by atoms with Crippen LogP contribution in [0.5, 0.6) is 0 Å². The van der Waals surface area contributed by atoms with Gasteiger partial charge >= 0.3 is 0 Å². The maximum absolute atomic E-state index is 4.88. The molecule has 1 aromatic rings. The van der Waals surface area contributed by atoms with Gasteiger partial charge in [-0.25, -0.2) is 0 Å². The van der Waals surface area contributed by atoms with Crippen molar-refractivity contribution in [1.82, 2.24) is 4.98 Å². The number of hydrogen-bond acceptors (Lipinski definition) is 1. The Morgan fingerprint density at radius 3 is 1.71 bits per heavy atom. The van der Waals surface area contributed by atoms with Crippen molar-refractivity contribution in [3.63, 3.8) is 0 Å². The van der Waals surface area contributed by atoms with E-state index in [4.69, 9.17) is 4.98 Å². The summed E-state index contributed by atoms with van der Waals surface area (Å²) in [4.78, 5) is 4.88. The Kier molecular flexibility index (Phi) is 4.04. The highest BCUT2D eigenvalue weighted by molar-refractivity contribution is 6.96. The Hall–Kier alpha value is -0.416. The van der Waals surface area contributed by atoms with E-state index in [0.717, 1.165) is 5.16 Å². The zero-order valence-electron chi connectivity index (χ0n) is 12.7. The van der Waals surface area contributed by atoms with Gasteiger partial charge in [-0.15, -0.1) is 0 Å². The van der Waals surface area contributed by atoms with Crippen molar-refractivity contribution in [3.05, 3.63) is 29.1 Å². The summed E-state index contributed by atoms with van der Waals surface area (Å²) in [5, 5.41) is 0.745. The van der Waals surface area contributed by atoms with E-state index in [9.17, 15) is 0 Å². The van der Waals surface area contributed by atoms with Gasteiger partial charge in [0.1, 0.15) is 0 Å². The molecule has 0 atom stereocenters. The molecule has 0 radical (unpaired) electrons. The topological polar surface area (TPSA) is 12.9 Å². The van der Waals surface area contributed by atoms with E-state index >= 15 is 0 Å². The molecule has 1 rings (SSSR count). The van der Waals surface area contributed by atoms with Crippen LogP contribution in [0.2, 0.25) is 39.3 Å². The van der Waals surface area contributed by atoms with E-state index in [0.29, 0.717) is 0 Å². The SMILES string of the molecule is Cc1ccc(C([Si](C)(C)C)[Si](C)(C)C)nc1C. The van der Waals surface area contributed by atoms with E-state index in [-0.39, 0.29) is 0 Å². The lowest BCUT2D eigenvalue weighted by atomic mass is 10.2. The first kappa shape index (κ1) is 14.6. The minimum absolute atomic E-state index is 0.745. The minimum Gasteiger partial charge on any atom is -0.258 e. The highest BCUT2D eigenvalue weighted by Gasteiger charge is 2.39. The first-order valence-corrected chi connectivity index (χ1v) is 13.6. The molecule has 17 heavy (non-hydrogen) atoms. The third kappa shape index (κ3) is 3.52. The number of aromatic nitrogens is 1. The summed E-state index contributed by atoms with van der Waals surface area (Å²) in [6.07, 6.45) is 0. The number of pyridine rings is 1. The lowest BCUT2D eigenvalue weighted by Gasteiger charge is -2.38. The van der Waals surface area contributed by atoms with Gasteiger partial charge in [0.05, 0.1) is 16.1 Å². The summed E-state index contributed by atoms with van der Waals surface area (Å²) in [5.74, 6) is 0. The van der Waals surface area contributed by atoms with Crippen molar-refractivity contribution in [3.8, 4) is 0 Å². The maximum Gasteiger partial charge on any atom is 0.0513 e. The summed E-state index contributed by atoms with van der Waals surface area (Å²) < 4.78 is 0. The summed E-state index contributed by atoms with van der Waals surface area (Å²) in [6.45, 7) is 19.1. The average molecular weight is 266 g/mol. The van der Waals surface area contributed by atoms with Crippen molar-refractivity contribution >= 4 is 16.1 Å². The average Bonchev–Trinajstić information content (AvgIpc) is 2.06. The Bertz CT molecular complexity index is 386. The molecule has 96 valence electrons. The predicted molar refractivity (Wildman–Crippen MR) is 83.1 cm³/mol. The zero-order chi connectivity index (χ0) is 13.4. The Balaban J connectivity index is 3.29. The zero-order valence-corrected chi connectivity index (χ0v) is 14.7. The van der Waals surface area contributed by atoms with Crippen LogP contribution < -0.4 is 0 Å². The Morgan fingerprint density at radius 1 is 0.882 bits per heavy atom. The smallest absolute Gasteiger partial charge is 0.0513 e. The molecular formula is C14H27NSi2. The lowest BCUT2D eigenvalue weighted by molar-refractivity contribution is 1.01. The fourth-order valence-electron chi connectivity index (χ4n) is 3.00. The molecule has 0 aromatic carbocycles. The Morgan fingerprint density at radius 2 is 1.35 bits per heavy atom.